The van der Waals surface area contributed by atoms with Crippen LogP contribution in [-0.2, 0) is 11.3 Å². The molecule has 1 fully saturated rings. The maximum atomic E-state index is 11.9. The van der Waals surface area contributed by atoms with Crippen molar-refractivity contribution in [2.45, 2.75) is 51.6 Å². The molecule has 0 atom stereocenters. The minimum absolute atomic E-state index is 0.128. The van der Waals surface area contributed by atoms with Crippen LogP contribution < -0.4 is 16.0 Å². The molecule has 0 bridgehead atoms. The third-order valence-electron chi connectivity index (χ3n) is 3.97. The van der Waals surface area contributed by atoms with Crippen molar-refractivity contribution < 1.29 is 4.79 Å². The topological polar surface area (TPSA) is 65.5 Å². The third kappa shape index (κ3) is 6.72. The van der Waals surface area contributed by atoms with Crippen LogP contribution in [0.3, 0.4) is 0 Å². The first-order valence-corrected chi connectivity index (χ1v) is 8.63. The Morgan fingerprint density at radius 3 is 2.61 bits per heavy atom. The Balaban J connectivity index is 1.72. The SMILES string of the molecule is CCNC(=NCc1ccccc1)NCCC(=O)NC1CCCC1. The van der Waals surface area contributed by atoms with Crippen LogP contribution in [0, 0.1) is 0 Å². The quantitative estimate of drug-likeness (QED) is 0.534. The summed E-state index contributed by atoms with van der Waals surface area (Å²) in [5.74, 6) is 0.883. The van der Waals surface area contributed by atoms with Crippen LogP contribution in [0.25, 0.3) is 0 Å². The van der Waals surface area contributed by atoms with Crippen molar-refractivity contribution in [1.82, 2.24) is 16.0 Å². The molecular weight excluding hydrogens is 288 g/mol. The van der Waals surface area contributed by atoms with Gasteiger partial charge in [0.15, 0.2) is 5.96 Å². The van der Waals surface area contributed by atoms with Crippen LogP contribution in [0.15, 0.2) is 35.3 Å². The zero-order valence-electron chi connectivity index (χ0n) is 14.0. The average molecular weight is 316 g/mol. The fourth-order valence-corrected chi connectivity index (χ4v) is 2.76. The molecule has 0 saturated heterocycles. The number of benzene rings is 1. The van der Waals surface area contributed by atoms with E-state index in [0.717, 1.165) is 25.3 Å². The number of rotatable bonds is 7. The zero-order valence-corrected chi connectivity index (χ0v) is 14.0. The van der Waals surface area contributed by atoms with E-state index in [1.165, 1.54) is 18.4 Å². The summed E-state index contributed by atoms with van der Waals surface area (Å²) in [6.45, 7) is 4.06. The van der Waals surface area contributed by atoms with Gasteiger partial charge in [-0.25, -0.2) is 4.99 Å². The third-order valence-corrected chi connectivity index (χ3v) is 3.97. The van der Waals surface area contributed by atoms with Gasteiger partial charge in [0.1, 0.15) is 0 Å². The van der Waals surface area contributed by atoms with Crippen LogP contribution in [0.1, 0.15) is 44.6 Å². The first kappa shape index (κ1) is 17.3. The number of nitrogens with zero attached hydrogens (tertiary/aromatic N) is 1. The van der Waals surface area contributed by atoms with Gasteiger partial charge in [-0.2, -0.15) is 0 Å². The summed E-state index contributed by atoms with van der Waals surface area (Å²) in [6, 6.07) is 10.5. The molecule has 0 unspecified atom stereocenters. The number of amides is 1. The molecule has 1 aromatic carbocycles. The highest BCUT2D eigenvalue weighted by atomic mass is 16.1. The molecule has 0 radical (unpaired) electrons. The summed E-state index contributed by atoms with van der Waals surface area (Å²) >= 11 is 0. The zero-order chi connectivity index (χ0) is 16.3. The number of guanidine groups is 1. The second-order valence-electron chi connectivity index (χ2n) is 5.91. The van der Waals surface area contributed by atoms with Gasteiger partial charge in [0, 0.05) is 25.6 Å². The summed E-state index contributed by atoms with van der Waals surface area (Å²) in [5, 5.41) is 9.53. The van der Waals surface area contributed by atoms with Gasteiger partial charge in [0.05, 0.1) is 6.54 Å². The maximum absolute atomic E-state index is 11.9. The lowest BCUT2D eigenvalue weighted by Crippen LogP contribution is -2.40. The van der Waals surface area contributed by atoms with Crippen LogP contribution in [0.4, 0.5) is 0 Å². The largest absolute Gasteiger partial charge is 0.357 e. The van der Waals surface area contributed by atoms with Crippen LogP contribution in [-0.4, -0.2) is 31.0 Å². The standard InChI is InChI=1S/C18H28N4O/c1-2-19-18(21-14-15-8-4-3-5-9-15)20-13-12-17(23)22-16-10-6-7-11-16/h3-5,8-9,16H,2,6-7,10-14H2,1H3,(H,22,23)(H2,19,20,21). The molecule has 126 valence electrons. The van der Waals surface area contributed by atoms with Gasteiger partial charge in [0.25, 0.3) is 0 Å². The van der Waals surface area contributed by atoms with Crippen molar-refractivity contribution in [2.24, 2.45) is 4.99 Å². The molecule has 2 rings (SSSR count). The number of hydrogen-bond acceptors (Lipinski definition) is 2. The second-order valence-corrected chi connectivity index (χ2v) is 5.91. The molecule has 1 amide bonds. The first-order valence-electron chi connectivity index (χ1n) is 8.63. The molecule has 23 heavy (non-hydrogen) atoms. The Bertz CT molecular complexity index is 495. The van der Waals surface area contributed by atoms with Crippen molar-refractivity contribution in [3.63, 3.8) is 0 Å². The molecule has 0 spiro atoms. The Morgan fingerprint density at radius 1 is 1.17 bits per heavy atom. The molecular formula is C18H28N4O. The fourth-order valence-electron chi connectivity index (χ4n) is 2.76. The van der Waals surface area contributed by atoms with Gasteiger partial charge in [-0.1, -0.05) is 43.2 Å². The Morgan fingerprint density at radius 2 is 1.91 bits per heavy atom. The van der Waals surface area contributed by atoms with E-state index in [1.54, 1.807) is 0 Å². The molecule has 0 aromatic heterocycles. The number of aliphatic imine (C=N–C) groups is 1. The smallest absolute Gasteiger partial charge is 0.221 e. The minimum Gasteiger partial charge on any atom is -0.357 e. The van der Waals surface area contributed by atoms with E-state index in [4.69, 9.17) is 0 Å². The van der Waals surface area contributed by atoms with Gasteiger partial charge < -0.3 is 16.0 Å². The van der Waals surface area contributed by atoms with Gasteiger partial charge >= 0.3 is 0 Å². The molecule has 1 aromatic rings. The lowest BCUT2D eigenvalue weighted by atomic mass is 10.2. The molecule has 1 aliphatic rings. The highest BCUT2D eigenvalue weighted by Crippen LogP contribution is 2.17. The van der Waals surface area contributed by atoms with Gasteiger partial charge in [-0.05, 0) is 25.3 Å². The monoisotopic (exact) mass is 316 g/mol. The van der Waals surface area contributed by atoms with E-state index in [2.05, 4.69) is 33.1 Å². The van der Waals surface area contributed by atoms with E-state index < -0.39 is 0 Å². The first-order chi connectivity index (χ1) is 11.3. The highest BCUT2D eigenvalue weighted by molar-refractivity contribution is 5.81. The van der Waals surface area contributed by atoms with Crippen molar-refractivity contribution in [1.29, 1.82) is 0 Å². The van der Waals surface area contributed by atoms with Crippen molar-refractivity contribution in [3.8, 4) is 0 Å². The van der Waals surface area contributed by atoms with Crippen LogP contribution in [0.2, 0.25) is 0 Å². The van der Waals surface area contributed by atoms with E-state index in [1.807, 2.05) is 25.1 Å². The summed E-state index contributed by atoms with van der Waals surface area (Å²) < 4.78 is 0. The summed E-state index contributed by atoms with van der Waals surface area (Å²) in [5.41, 5.74) is 1.17. The van der Waals surface area contributed by atoms with Gasteiger partial charge in [-0.3, -0.25) is 4.79 Å². The predicted molar refractivity (Wildman–Crippen MR) is 94.3 cm³/mol. The molecule has 5 nitrogen and oxygen atoms in total. The Kier molecular flexibility index (Phi) is 7.43. The molecule has 3 N–H and O–H groups in total. The number of hydrogen-bond donors (Lipinski definition) is 3. The Labute approximate surface area is 139 Å². The molecule has 0 heterocycles. The normalized spacial score (nSPS) is 15.4. The molecule has 1 saturated carbocycles. The summed E-state index contributed by atoms with van der Waals surface area (Å²) in [6.07, 6.45) is 5.20. The average Bonchev–Trinajstić information content (AvgIpc) is 3.06. The predicted octanol–water partition coefficient (Wildman–Crippen LogP) is 2.19. The lowest BCUT2D eigenvalue weighted by molar-refractivity contribution is -0.121. The molecule has 1 aliphatic carbocycles. The fraction of sp³-hybridized carbons (Fsp3) is 0.556. The van der Waals surface area contributed by atoms with Gasteiger partial charge in [0.2, 0.25) is 5.91 Å². The molecule has 5 heteroatoms. The maximum Gasteiger partial charge on any atom is 0.221 e. The lowest BCUT2D eigenvalue weighted by Gasteiger charge is -2.13. The van der Waals surface area contributed by atoms with E-state index in [9.17, 15) is 4.79 Å². The highest BCUT2D eigenvalue weighted by Gasteiger charge is 2.16. The molecule has 0 aliphatic heterocycles. The summed E-state index contributed by atoms with van der Waals surface area (Å²) in [4.78, 5) is 16.5. The van der Waals surface area contributed by atoms with Crippen LogP contribution >= 0.6 is 0 Å². The summed E-state index contributed by atoms with van der Waals surface area (Å²) in [7, 11) is 0. The van der Waals surface area contributed by atoms with E-state index in [0.29, 0.717) is 25.6 Å². The van der Waals surface area contributed by atoms with E-state index in [-0.39, 0.29) is 5.91 Å². The van der Waals surface area contributed by atoms with Crippen molar-refractivity contribution in [3.05, 3.63) is 35.9 Å². The van der Waals surface area contributed by atoms with Crippen molar-refractivity contribution in [2.75, 3.05) is 13.1 Å². The number of carbonyl (C=O) groups excluding carboxylic acids is 1. The van der Waals surface area contributed by atoms with E-state index >= 15 is 0 Å². The van der Waals surface area contributed by atoms with Gasteiger partial charge in [-0.15, -0.1) is 0 Å². The number of carbonyl (C=O) groups is 1. The number of nitrogens with one attached hydrogen (secondary N) is 3. The second kappa shape index (κ2) is 9.87. The minimum atomic E-state index is 0.128. The van der Waals surface area contributed by atoms with Crippen LogP contribution in [0.5, 0.6) is 0 Å². The Hall–Kier alpha value is -2.04. The van der Waals surface area contributed by atoms with Crippen molar-refractivity contribution >= 4 is 11.9 Å².